The van der Waals surface area contributed by atoms with Crippen molar-refractivity contribution in [1.82, 2.24) is 10.6 Å². The van der Waals surface area contributed by atoms with E-state index in [-0.39, 0.29) is 11.8 Å². The predicted molar refractivity (Wildman–Crippen MR) is 61.8 cm³/mol. The third kappa shape index (κ3) is 6.85. The summed E-state index contributed by atoms with van der Waals surface area (Å²) in [6, 6.07) is -1.23. The van der Waals surface area contributed by atoms with E-state index in [1.54, 1.807) is 6.92 Å². The van der Waals surface area contributed by atoms with Gasteiger partial charge < -0.3 is 26.3 Å². The van der Waals surface area contributed by atoms with Crippen molar-refractivity contribution in [3.63, 3.8) is 0 Å². The minimum Gasteiger partial charge on any atom is -0.548 e. The van der Waals surface area contributed by atoms with Crippen LogP contribution in [0.2, 0.25) is 0 Å². The quantitative estimate of drug-likeness (QED) is 0.451. The molecule has 2 amide bonds. The Morgan fingerprint density at radius 3 is 2.11 bits per heavy atom. The van der Waals surface area contributed by atoms with Crippen LogP contribution in [-0.4, -0.2) is 36.4 Å². The van der Waals surface area contributed by atoms with Crippen LogP contribution in [0, 0.1) is 5.92 Å². The fourth-order valence-corrected chi connectivity index (χ4v) is 1.30. The molecule has 0 aliphatic heterocycles. The van der Waals surface area contributed by atoms with Crippen LogP contribution in [0.25, 0.3) is 0 Å². The lowest BCUT2D eigenvalue weighted by molar-refractivity contribution is -0.398. The smallest absolute Gasteiger partial charge is 0.278 e. The van der Waals surface area contributed by atoms with Gasteiger partial charge in [-0.3, -0.25) is 9.59 Å². The number of carboxylic acid groups (broad SMARTS) is 1. The average Bonchev–Trinajstić information content (AvgIpc) is 2.23. The largest absolute Gasteiger partial charge is 0.548 e. The normalized spacial score (nSPS) is 13.8. The van der Waals surface area contributed by atoms with Gasteiger partial charge in [0, 0.05) is 0 Å². The van der Waals surface area contributed by atoms with Crippen LogP contribution in [0.1, 0.15) is 27.2 Å². The van der Waals surface area contributed by atoms with Crippen LogP contribution in [0.5, 0.6) is 0 Å². The minimum absolute atomic E-state index is 0.184. The second-order valence-corrected chi connectivity index (χ2v) is 4.68. The summed E-state index contributed by atoms with van der Waals surface area (Å²) in [6.45, 7) is 4.85. The van der Waals surface area contributed by atoms with Crippen molar-refractivity contribution in [2.45, 2.75) is 39.3 Å². The highest BCUT2D eigenvalue weighted by atomic mass is 16.4. The third-order valence-electron chi connectivity index (χ3n) is 2.19. The number of hydrogen-bond acceptors (Lipinski definition) is 4. The molecule has 0 bridgehead atoms. The Bertz CT molecular complexity index is 315. The number of amides is 2. The maximum atomic E-state index is 11.7. The van der Waals surface area contributed by atoms with Gasteiger partial charge in [-0.05, 0) is 19.3 Å². The van der Waals surface area contributed by atoms with Crippen molar-refractivity contribution in [1.29, 1.82) is 0 Å². The lowest BCUT2D eigenvalue weighted by atomic mass is 10.0. The zero-order valence-electron chi connectivity index (χ0n) is 11.0. The minimum atomic E-state index is -1.37. The summed E-state index contributed by atoms with van der Waals surface area (Å²) in [5.41, 5.74) is 3.56. The molecule has 0 unspecified atom stereocenters. The number of carbonyl (C=O) groups excluding carboxylic acids is 3. The zero-order valence-corrected chi connectivity index (χ0v) is 11.0. The number of aliphatic carboxylic acids is 1. The maximum absolute atomic E-state index is 11.7. The summed E-state index contributed by atoms with van der Waals surface area (Å²) < 4.78 is 0. The maximum Gasteiger partial charge on any atom is 0.278 e. The molecule has 7 nitrogen and oxygen atoms in total. The topological polar surface area (TPSA) is 126 Å². The molecule has 0 saturated carbocycles. The molecule has 0 aliphatic rings. The van der Waals surface area contributed by atoms with Crippen molar-refractivity contribution in [2.75, 3.05) is 6.54 Å². The highest BCUT2D eigenvalue weighted by Gasteiger charge is 2.23. The van der Waals surface area contributed by atoms with Gasteiger partial charge in [-0.2, -0.15) is 0 Å². The van der Waals surface area contributed by atoms with Gasteiger partial charge in [0.15, 0.2) is 6.04 Å². The molecule has 0 radical (unpaired) electrons. The summed E-state index contributed by atoms with van der Waals surface area (Å²) >= 11 is 0. The average molecular weight is 259 g/mol. The molecule has 0 aromatic heterocycles. The van der Waals surface area contributed by atoms with E-state index < -0.39 is 30.5 Å². The van der Waals surface area contributed by atoms with E-state index in [0.717, 1.165) is 0 Å². The van der Waals surface area contributed by atoms with Crippen LogP contribution in [0.4, 0.5) is 0 Å². The standard InChI is InChI=1S/C11H21N3O4/c1-6(2)4-8(14-10(17)7(3)12)11(18)13-5-9(15)16/h6-8H,4-5,12H2,1-3H3,(H,13,18)(H,14,17)(H,15,16)/t7-,8-/m1/s1. The van der Waals surface area contributed by atoms with Gasteiger partial charge >= 0.3 is 0 Å². The molecule has 18 heavy (non-hydrogen) atoms. The number of quaternary nitrogens is 1. The Morgan fingerprint density at radius 2 is 1.72 bits per heavy atom. The Labute approximate surface area is 106 Å². The second-order valence-electron chi connectivity index (χ2n) is 4.68. The van der Waals surface area contributed by atoms with E-state index in [1.807, 2.05) is 13.8 Å². The first kappa shape index (κ1) is 16.4. The number of nitrogens with one attached hydrogen (secondary N) is 2. The molecule has 0 saturated heterocycles. The van der Waals surface area contributed by atoms with Gasteiger partial charge in [-0.15, -0.1) is 0 Å². The van der Waals surface area contributed by atoms with Gasteiger partial charge in [0.2, 0.25) is 5.91 Å². The molecule has 2 atom stereocenters. The summed E-state index contributed by atoms with van der Waals surface area (Å²) in [6.07, 6.45) is 0.428. The van der Waals surface area contributed by atoms with E-state index in [0.29, 0.717) is 6.42 Å². The predicted octanol–water partition coefficient (Wildman–Crippen LogP) is -2.99. The Morgan fingerprint density at radius 1 is 1.17 bits per heavy atom. The van der Waals surface area contributed by atoms with Crippen molar-refractivity contribution >= 4 is 17.8 Å². The highest BCUT2D eigenvalue weighted by Crippen LogP contribution is 2.05. The Hall–Kier alpha value is -1.63. The second kappa shape index (κ2) is 7.65. The van der Waals surface area contributed by atoms with E-state index in [1.165, 1.54) is 0 Å². The van der Waals surface area contributed by atoms with Crippen molar-refractivity contribution in [3.05, 3.63) is 0 Å². The lowest BCUT2D eigenvalue weighted by Gasteiger charge is -2.20. The third-order valence-corrected chi connectivity index (χ3v) is 2.19. The fourth-order valence-electron chi connectivity index (χ4n) is 1.30. The van der Waals surface area contributed by atoms with E-state index in [4.69, 9.17) is 0 Å². The Kier molecular flexibility index (Phi) is 6.96. The van der Waals surface area contributed by atoms with Gasteiger partial charge in [0.1, 0.15) is 6.04 Å². The first-order valence-corrected chi connectivity index (χ1v) is 5.85. The van der Waals surface area contributed by atoms with Crippen LogP contribution in [-0.2, 0) is 14.4 Å². The van der Waals surface area contributed by atoms with Crippen LogP contribution < -0.4 is 21.5 Å². The lowest BCUT2D eigenvalue weighted by Crippen LogP contribution is -2.67. The van der Waals surface area contributed by atoms with E-state index in [9.17, 15) is 19.5 Å². The van der Waals surface area contributed by atoms with Crippen LogP contribution in [0.3, 0.4) is 0 Å². The summed E-state index contributed by atoms with van der Waals surface area (Å²) in [5.74, 6) is -2.06. The van der Waals surface area contributed by atoms with Crippen molar-refractivity contribution in [3.8, 4) is 0 Å². The molecule has 104 valence electrons. The number of rotatable bonds is 7. The molecule has 0 rings (SSSR count). The first-order chi connectivity index (χ1) is 8.23. The molecule has 5 N–H and O–H groups in total. The SMILES string of the molecule is CC(C)C[C@@H](NC(=O)[C@@H](C)[NH3+])C(=O)NCC(=O)[O-]. The number of hydrogen-bond donors (Lipinski definition) is 3. The summed E-state index contributed by atoms with van der Waals surface area (Å²) in [7, 11) is 0. The molecule has 0 fully saturated rings. The van der Waals surface area contributed by atoms with Crippen LogP contribution >= 0.6 is 0 Å². The molecular weight excluding hydrogens is 238 g/mol. The van der Waals surface area contributed by atoms with Crippen LogP contribution in [0.15, 0.2) is 0 Å². The highest BCUT2D eigenvalue weighted by molar-refractivity contribution is 5.90. The molecular formula is C11H21N3O4. The molecule has 0 aliphatic carbocycles. The molecule has 0 spiro atoms. The van der Waals surface area contributed by atoms with Gasteiger partial charge in [-0.1, -0.05) is 13.8 Å². The first-order valence-electron chi connectivity index (χ1n) is 5.85. The van der Waals surface area contributed by atoms with Crippen molar-refractivity contribution < 1.29 is 25.2 Å². The summed E-state index contributed by atoms with van der Waals surface area (Å²) in [5, 5.41) is 15.0. The van der Waals surface area contributed by atoms with E-state index in [2.05, 4.69) is 16.4 Å². The molecule has 0 aromatic carbocycles. The van der Waals surface area contributed by atoms with Crippen molar-refractivity contribution in [2.24, 2.45) is 5.92 Å². The summed E-state index contributed by atoms with van der Waals surface area (Å²) in [4.78, 5) is 33.5. The van der Waals surface area contributed by atoms with Gasteiger partial charge in [0.05, 0.1) is 12.5 Å². The Balaban J connectivity index is 4.51. The fraction of sp³-hybridized carbons (Fsp3) is 0.727. The molecule has 0 aromatic rings. The monoisotopic (exact) mass is 259 g/mol. The molecule has 0 heterocycles. The zero-order chi connectivity index (χ0) is 14.3. The number of carbonyl (C=O) groups is 3. The van der Waals surface area contributed by atoms with Gasteiger partial charge in [-0.25, -0.2) is 0 Å². The van der Waals surface area contributed by atoms with E-state index >= 15 is 0 Å². The molecule has 7 heteroatoms. The van der Waals surface area contributed by atoms with Gasteiger partial charge in [0.25, 0.3) is 5.91 Å². The number of carboxylic acids is 1.